The molecule has 0 aromatic heterocycles. The Morgan fingerprint density at radius 1 is 1.44 bits per heavy atom. The molecule has 1 saturated heterocycles. The molecule has 86 valence electrons. The standard InChI is InChI=1S/C13H17NO2/c1-9-3-2-4-10(5-9)11-6-12(13(15)16)8-14-7-11/h2-5,11-12,14H,6-8H2,1H3,(H,15,16)/t11-,12-/m0/s1. The zero-order valence-corrected chi connectivity index (χ0v) is 9.44. The molecule has 0 saturated carbocycles. The van der Waals surface area contributed by atoms with Gasteiger partial charge in [0.1, 0.15) is 0 Å². The smallest absolute Gasteiger partial charge is 0.307 e. The maximum absolute atomic E-state index is 11.0. The first kappa shape index (κ1) is 11.1. The molecular formula is C13H17NO2. The number of benzene rings is 1. The van der Waals surface area contributed by atoms with Crippen LogP contribution in [0.3, 0.4) is 0 Å². The van der Waals surface area contributed by atoms with Crippen LogP contribution in [0.1, 0.15) is 23.5 Å². The second kappa shape index (κ2) is 4.66. The van der Waals surface area contributed by atoms with Crippen molar-refractivity contribution >= 4 is 5.97 Å². The van der Waals surface area contributed by atoms with E-state index in [1.165, 1.54) is 11.1 Å². The van der Waals surface area contributed by atoms with Gasteiger partial charge in [0.25, 0.3) is 0 Å². The van der Waals surface area contributed by atoms with Crippen LogP contribution in [0.25, 0.3) is 0 Å². The van der Waals surface area contributed by atoms with Gasteiger partial charge in [0, 0.05) is 13.1 Å². The van der Waals surface area contributed by atoms with E-state index in [0.29, 0.717) is 12.5 Å². The first-order valence-electron chi connectivity index (χ1n) is 5.67. The number of carboxylic acids is 1. The molecule has 1 fully saturated rings. The molecule has 0 amide bonds. The van der Waals surface area contributed by atoms with Gasteiger partial charge < -0.3 is 10.4 Å². The fourth-order valence-electron chi connectivity index (χ4n) is 2.31. The molecule has 0 unspecified atom stereocenters. The second-order valence-corrected chi connectivity index (χ2v) is 4.54. The molecule has 2 N–H and O–H groups in total. The molecule has 1 aromatic carbocycles. The summed E-state index contributed by atoms with van der Waals surface area (Å²) in [5, 5.41) is 12.2. The summed E-state index contributed by atoms with van der Waals surface area (Å²) in [6.45, 7) is 3.54. The summed E-state index contributed by atoms with van der Waals surface area (Å²) in [7, 11) is 0. The lowest BCUT2D eigenvalue weighted by Crippen LogP contribution is -2.38. The molecule has 0 spiro atoms. The molecule has 2 rings (SSSR count). The number of aliphatic carboxylic acids is 1. The van der Waals surface area contributed by atoms with Crippen molar-refractivity contribution in [1.82, 2.24) is 5.32 Å². The molecular weight excluding hydrogens is 202 g/mol. The predicted molar refractivity (Wildman–Crippen MR) is 62.5 cm³/mol. The molecule has 2 atom stereocenters. The summed E-state index contributed by atoms with van der Waals surface area (Å²) in [5.41, 5.74) is 2.48. The van der Waals surface area contributed by atoms with Gasteiger partial charge in [0.05, 0.1) is 5.92 Å². The number of hydrogen-bond donors (Lipinski definition) is 2. The molecule has 0 bridgehead atoms. The SMILES string of the molecule is Cc1cccc([C@@H]2CNC[C@@H](C(=O)O)C2)c1. The number of nitrogens with one attached hydrogen (secondary N) is 1. The molecule has 0 radical (unpaired) electrons. The molecule has 1 aromatic rings. The fraction of sp³-hybridized carbons (Fsp3) is 0.462. The highest BCUT2D eigenvalue weighted by molar-refractivity contribution is 5.70. The van der Waals surface area contributed by atoms with E-state index in [1.54, 1.807) is 0 Å². The lowest BCUT2D eigenvalue weighted by molar-refractivity contribution is -0.142. The van der Waals surface area contributed by atoms with Crippen LogP contribution < -0.4 is 5.32 Å². The number of hydrogen-bond acceptors (Lipinski definition) is 2. The van der Waals surface area contributed by atoms with Crippen molar-refractivity contribution in [3.63, 3.8) is 0 Å². The molecule has 1 aliphatic rings. The van der Waals surface area contributed by atoms with Gasteiger partial charge in [0.2, 0.25) is 0 Å². The summed E-state index contributed by atoms with van der Waals surface area (Å²) in [4.78, 5) is 11.0. The van der Waals surface area contributed by atoms with Gasteiger partial charge in [-0.3, -0.25) is 4.79 Å². The summed E-state index contributed by atoms with van der Waals surface area (Å²) < 4.78 is 0. The maximum atomic E-state index is 11.0. The number of carboxylic acid groups (broad SMARTS) is 1. The number of rotatable bonds is 2. The zero-order valence-electron chi connectivity index (χ0n) is 9.44. The highest BCUT2D eigenvalue weighted by Gasteiger charge is 2.27. The molecule has 16 heavy (non-hydrogen) atoms. The van der Waals surface area contributed by atoms with E-state index < -0.39 is 5.97 Å². The topological polar surface area (TPSA) is 49.3 Å². The van der Waals surface area contributed by atoms with Crippen molar-refractivity contribution in [3.05, 3.63) is 35.4 Å². The average molecular weight is 219 g/mol. The highest BCUT2D eigenvalue weighted by atomic mass is 16.4. The molecule has 3 nitrogen and oxygen atoms in total. The van der Waals surface area contributed by atoms with E-state index in [-0.39, 0.29) is 5.92 Å². The number of aryl methyl sites for hydroxylation is 1. The minimum atomic E-state index is -0.690. The molecule has 3 heteroatoms. The number of carbonyl (C=O) groups is 1. The first-order chi connectivity index (χ1) is 7.66. The van der Waals surface area contributed by atoms with Crippen LogP contribution in [-0.4, -0.2) is 24.2 Å². The lowest BCUT2D eigenvalue weighted by Gasteiger charge is -2.28. The summed E-state index contributed by atoms with van der Waals surface area (Å²) in [5.74, 6) is -0.612. The highest BCUT2D eigenvalue weighted by Crippen LogP contribution is 2.27. The Bertz CT molecular complexity index is 389. The molecule has 1 heterocycles. The predicted octanol–water partition coefficient (Wildman–Crippen LogP) is 1.77. The monoisotopic (exact) mass is 219 g/mol. The molecule has 0 aliphatic carbocycles. The Hall–Kier alpha value is -1.35. The Labute approximate surface area is 95.5 Å². The second-order valence-electron chi connectivity index (χ2n) is 4.54. The van der Waals surface area contributed by atoms with Gasteiger partial charge in [-0.2, -0.15) is 0 Å². The van der Waals surface area contributed by atoms with Crippen LogP contribution in [0.15, 0.2) is 24.3 Å². The fourth-order valence-corrected chi connectivity index (χ4v) is 2.31. The van der Waals surface area contributed by atoms with E-state index in [2.05, 4.69) is 30.4 Å². The Balaban J connectivity index is 2.12. The van der Waals surface area contributed by atoms with E-state index in [4.69, 9.17) is 5.11 Å². The third kappa shape index (κ3) is 2.42. The minimum Gasteiger partial charge on any atom is -0.481 e. The van der Waals surface area contributed by atoms with Gasteiger partial charge in [0.15, 0.2) is 0 Å². The first-order valence-corrected chi connectivity index (χ1v) is 5.67. The summed E-state index contributed by atoms with van der Waals surface area (Å²) >= 11 is 0. The Morgan fingerprint density at radius 3 is 2.94 bits per heavy atom. The van der Waals surface area contributed by atoms with Crippen LogP contribution in [0.2, 0.25) is 0 Å². The van der Waals surface area contributed by atoms with Gasteiger partial charge in [-0.1, -0.05) is 29.8 Å². The van der Waals surface area contributed by atoms with Crippen molar-refractivity contribution in [3.8, 4) is 0 Å². The third-order valence-electron chi connectivity index (χ3n) is 3.21. The number of piperidine rings is 1. The van der Waals surface area contributed by atoms with E-state index in [1.807, 2.05) is 6.07 Å². The van der Waals surface area contributed by atoms with Gasteiger partial charge in [-0.25, -0.2) is 0 Å². The Morgan fingerprint density at radius 2 is 2.25 bits per heavy atom. The van der Waals surface area contributed by atoms with Crippen LogP contribution in [0, 0.1) is 12.8 Å². The molecule has 1 aliphatic heterocycles. The summed E-state index contributed by atoms with van der Waals surface area (Å²) in [6.07, 6.45) is 0.742. The summed E-state index contributed by atoms with van der Waals surface area (Å²) in [6, 6.07) is 8.34. The van der Waals surface area contributed by atoms with Crippen molar-refractivity contribution in [2.45, 2.75) is 19.3 Å². The lowest BCUT2D eigenvalue weighted by atomic mass is 9.85. The quantitative estimate of drug-likeness (QED) is 0.797. The van der Waals surface area contributed by atoms with E-state index in [0.717, 1.165) is 13.0 Å². The van der Waals surface area contributed by atoms with Gasteiger partial charge >= 0.3 is 5.97 Å². The third-order valence-corrected chi connectivity index (χ3v) is 3.21. The largest absolute Gasteiger partial charge is 0.481 e. The van der Waals surface area contributed by atoms with Crippen LogP contribution in [0.4, 0.5) is 0 Å². The van der Waals surface area contributed by atoms with Crippen molar-refractivity contribution in [1.29, 1.82) is 0 Å². The van der Waals surface area contributed by atoms with Crippen molar-refractivity contribution in [2.75, 3.05) is 13.1 Å². The van der Waals surface area contributed by atoms with Crippen LogP contribution >= 0.6 is 0 Å². The Kier molecular flexibility index (Phi) is 3.25. The van der Waals surface area contributed by atoms with Crippen LogP contribution in [-0.2, 0) is 4.79 Å². The van der Waals surface area contributed by atoms with Gasteiger partial charge in [-0.15, -0.1) is 0 Å². The van der Waals surface area contributed by atoms with Gasteiger partial charge in [-0.05, 0) is 24.8 Å². The van der Waals surface area contributed by atoms with Crippen LogP contribution in [0.5, 0.6) is 0 Å². The van der Waals surface area contributed by atoms with E-state index in [9.17, 15) is 4.79 Å². The van der Waals surface area contributed by atoms with Crippen molar-refractivity contribution < 1.29 is 9.90 Å². The average Bonchev–Trinajstić information content (AvgIpc) is 2.29. The normalized spacial score (nSPS) is 25.3. The maximum Gasteiger partial charge on any atom is 0.307 e. The minimum absolute atomic E-state index is 0.251. The zero-order chi connectivity index (χ0) is 11.5. The van der Waals surface area contributed by atoms with Crippen molar-refractivity contribution in [2.24, 2.45) is 5.92 Å². The van der Waals surface area contributed by atoms with E-state index >= 15 is 0 Å².